The SMILES string of the molecule is Cc1c(I)c(I)c(I)c(I)c1-c1c(Cl)nc2ncnn2c1NC(C)(C)C(F)(F)F. The molecule has 2 aromatic heterocycles. The molecule has 0 bridgehead atoms. The van der Waals surface area contributed by atoms with Crippen molar-refractivity contribution in [3.63, 3.8) is 0 Å². The van der Waals surface area contributed by atoms with Crippen LogP contribution in [0.1, 0.15) is 19.4 Å². The number of hydrogen-bond acceptors (Lipinski definition) is 4. The first kappa shape index (κ1) is 24.2. The van der Waals surface area contributed by atoms with Crippen LogP contribution in [0.25, 0.3) is 16.9 Å². The van der Waals surface area contributed by atoms with E-state index in [2.05, 4.69) is 111 Å². The van der Waals surface area contributed by atoms with Crippen LogP contribution in [0.2, 0.25) is 5.15 Å². The van der Waals surface area contributed by atoms with Crippen molar-refractivity contribution in [3.8, 4) is 11.1 Å². The Hall–Kier alpha value is 0.570. The van der Waals surface area contributed by atoms with Crippen molar-refractivity contribution < 1.29 is 13.2 Å². The fourth-order valence-electron chi connectivity index (χ4n) is 2.56. The van der Waals surface area contributed by atoms with Gasteiger partial charge >= 0.3 is 6.18 Å². The molecule has 29 heavy (non-hydrogen) atoms. The van der Waals surface area contributed by atoms with Crippen molar-refractivity contribution in [3.05, 3.63) is 31.3 Å². The molecule has 0 spiro atoms. The van der Waals surface area contributed by atoms with E-state index < -0.39 is 11.7 Å². The van der Waals surface area contributed by atoms with Gasteiger partial charge in [0.05, 0.1) is 5.56 Å². The standard InChI is InChI=1S/C16H11ClF3I4N5/c1-5-6(9(22)11(24)10(23)8(5)21)7-12(17)27-14-25-4-26-29(14)13(7)28-15(2,3)16(18,19)20/h4,28H,1-3H3. The number of anilines is 1. The summed E-state index contributed by atoms with van der Waals surface area (Å²) in [5.74, 6) is 0.204. The molecule has 0 unspecified atom stereocenters. The molecule has 3 aromatic rings. The summed E-state index contributed by atoms with van der Waals surface area (Å²) in [4.78, 5) is 8.24. The zero-order valence-corrected chi connectivity index (χ0v) is 24.3. The zero-order chi connectivity index (χ0) is 21.9. The summed E-state index contributed by atoms with van der Waals surface area (Å²) in [5.41, 5.74) is -0.268. The van der Waals surface area contributed by atoms with Crippen LogP contribution in [-0.4, -0.2) is 31.3 Å². The first-order valence-corrected chi connectivity index (χ1v) is 12.5. The van der Waals surface area contributed by atoms with E-state index in [9.17, 15) is 13.2 Å². The van der Waals surface area contributed by atoms with E-state index in [0.717, 1.165) is 39.3 Å². The molecule has 1 N–H and O–H groups in total. The van der Waals surface area contributed by atoms with Crippen LogP contribution >= 0.6 is 102 Å². The van der Waals surface area contributed by atoms with Crippen LogP contribution < -0.4 is 5.32 Å². The lowest BCUT2D eigenvalue weighted by atomic mass is 10.00. The summed E-state index contributed by atoms with van der Waals surface area (Å²) in [6, 6.07) is 0. The Morgan fingerprint density at radius 3 is 2.17 bits per heavy atom. The molecule has 13 heteroatoms. The molecule has 0 aliphatic rings. The van der Waals surface area contributed by atoms with Crippen molar-refractivity contribution in [1.82, 2.24) is 19.6 Å². The van der Waals surface area contributed by atoms with Crippen LogP contribution in [0.15, 0.2) is 6.33 Å². The number of hydrogen-bond donors (Lipinski definition) is 1. The van der Waals surface area contributed by atoms with Crippen LogP contribution in [-0.2, 0) is 0 Å². The quantitative estimate of drug-likeness (QED) is 0.135. The lowest BCUT2D eigenvalue weighted by Crippen LogP contribution is -2.47. The van der Waals surface area contributed by atoms with Crippen molar-refractivity contribution in [1.29, 1.82) is 0 Å². The number of nitrogens with zero attached hydrogens (tertiary/aromatic N) is 4. The molecule has 2 heterocycles. The molecule has 0 saturated carbocycles. The van der Waals surface area contributed by atoms with E-state index in [1.807, 2.05) is 6.92 Å². The Kier molecular flexibility index (Phi) is 7.09. The number of halogens is 8. The van der Waals surface area contributed by atoms with Crippen molar-refractivity contribution in [2.75, 3.05) is 5.32 Å². The summed E-state index contributed by atoms with van der Waals surface area (Å²) >= 11 is 15.4. The third-order valence-corrected chi connectivity index (χ3v) is 12.2. The van der Waals surface area contributed by atoms with Gasteiger partial charge in [-0.1, -0.05) is 11.6 Å². The fraction of sp³-hybridized carbons (Fsp3) is 0.312. The van der Waals surface area contributed by atoms with Gasteiger partial charge in [0.1, 0.15) is 22.8 Å². The number of fused-ring (bicyclic) bond motifs is 1. The summed E-state index contributed by atoms with van der Waals surface area (Å²) in [6.07, 6.45) is -3.28. The van der Waals surface area contributed by atoms with Crippen LogP contribution in [0.4, 0.5) is 19.0 Å². The minimum absolute atomic E-state index is 0.0554. The molecule has 1 aromatic carbocycles. The van der Waals surface area contributed by atoms with Gasteiger partial charge in [-0.25, -0.2) is 0 Å². The maximum atomic E-state index is 13.7. The van der Waals surface area contributed by atoms with Gasteiger partial charge in [0, 0.05) is 19.8 Å². The molecule has 0 amide bonds. The van der Waals surface area contributed by atoms with Gasteiger partial charge in [0.15, 0.2) is 0 Å². The van der Waals surface area contributed by atoms with E-state index in [-0.39, 0.29) is 16.7 Å². The number of rotatable bonds is 3. The van der Waals surface area contributed by atoms with Crippen LogP contribution in [0.5, 0.6) is 0 Å². The second kappa shape index (κ2) is 8.49. The first-order chi connectivity index (χ1) is 13.3. The molecule has 3 rings (SSSR count). The van der Waals surface area contributed by atoms with Gasteiger partial charge in [0.25, 0.3) is 5.78 Å². The molecule has 156 valence electrons. The monoisotopic (exact) mass is 873 g/mol. The predicted molar refractivity (Wildman–Crippen MR) is 141 cm³/mol. The molecular weight excluding hydrogens is 862 g/mol. The smallest absolute Gasteiger partial charge is 0.356 e. The molecule has 0 fully saturated rings. The molecule has 0 aliphatic carbocycles. The van der Waals surface area contributed by atoms with E-state index in [1.54, 1.807) is 0 Å². The van der Waals surface area contributed by atoms with Gasteiger partial charge in [-0.15, -0.1) is 0 Å². The molecule has 0 aliphatic heterocycles. The highest BCUT2D eigenvalue weighted by molar-refractivity contribution is 14.1. The second-order valence-corrected chi connectivity index (χ2v) is 11.3. The van der Waals surface area contributed by atoms with E-state index in [0.29, 0.717) is 5.56 Å². The molecule has 0 atom stereocenters. The van der Waals surface area contributed by atoms with Gasteiger partial charge < -0.3 is 5.32 Å². The summed E-state index contributed by atoms with van der Waals surface area (Å²) in [5, 5.41) is 6.74. The number of benzene rings is 1. The highest BCUT2D eigenvalue weighted by atomic mass is 127. The molecule has 5 nitrogen and oxygen atoms in total. The summed E-state index contributed by atoms with van der Waals surface area (Å²) < 4.78 is 46.2. The second-order valence-electron chi connectivity index (χ2n) is 6.60. The predicted octanol–water partition coefficient (Wildman–Crippen LogP) is 6.92. The number of nitrogens with one attached hydrogen (secondary N) is 1. The first-order valence-electron chi connectivity index (χ1n) is 7.85. The average Bonchev–Trinajstić information content (AvgIpc) is 3.07. The average molecular weight is 873 g/mol. The third-order valence-electron chi connectivity index (χ3n) is 4.27. The molecule has 0 radical (unpaired) electrons. The highest BCUT2D eigenvalue weighted by Gasteiger charge is 2.48. The van der Waals surface area contributed by atoms with Gasteiger partial charge in [-0.2, -0.15) is 32.8 Å². The summed E-state index contributed by atoms with van der Waals surface area (Å²) in [6.45, 7) is 4.04. The van der Waals surface area contributed by atoms with Gasteiger partial charge in [-0.05, 0) is 117 Å². The van der Waals surface area contributed by atoms with Crippen molar-refractivity contribution in [2.24, 2.45) is 0 Å². The third kappa shape index (κ3) is 4.29. The Morgan fingerprint density at radius 2 is 1.59 bits per heavy atom. The molecular formula is C16H11ClF3I4N5. The fourth-order valence-corrected chi connectivity index (χ4v) is 6.55. The lowest BCUT2D eigenvalue weighted by Gasteiger charge is -2.31. The van der Waals surface area contributed by atoms with Crippen LogP contribution in [0.3, 0.4) is 0 Å². The van der Waals surface area contributed by atoms with Gasteiger partial charge in [0.2, 0.25) is 0 Å². The number of aromatic nitrogens is 4. The Labute approximate surface area is 223 Å². The maximum Gasteiger partial charge on any atom is 0.410 e. The largest absolute Gasteiger partial charge is 0.410 e. The van der Waals surface area contributed by atoms with E-state index >= 15 is 0 Å². The number of alkyl halides is 3. The topological polar surface area (TPSA) is 55.1 Å². The van der Waals surface area contributed by atoms with Crippen molar-refractivity contribution in [2.45, 2.75) is 32.5 Å². The minimum atomic E-state index is -4.51. The summed E-state index contributed by atoms with van der Waals surface area (Å²) in [7, 11) is 0. The van der Waals surface area contributed by atoms with Gasteiger partial charge in [-0.3, -0.25) is 0 Å². The van der Waals surface area contributed by atoms with E-state index in [4.69, 9.17) is 11.6 Å². The maximum absolute atomic E-state index is 13.7. The highest BCUT2D eigenvalue weighted by Crippen LogP contribution is 2.45. The molecule has 0 saturated heterocycles. The normalized spacial score (nSPS) is 12.7. The zero-order valence-electron chi connectivity index (χ0n) is 14.9. The van der Waals surface area contributed by atoms with Crippen LogP contribution in [0, 0.1) is 21.2 Å². The Morgan fingerprint density at radius 1 is 1.00 bits per heavy atom. The Bertz CT molecular complexity index is 1100. The lowest BCUT2D eigenvalue weighted by molar-refractivity contribution is -0.168. The minimum Gasteiger partial charge on any atom is -0.356 e. The Balaban J connectivity index is 2.43. The van der Waals surface area contributed by atoms with Crippen molar-refractivity contribution >= 4 is 114 Å². The van der Waals surface area contributed by atoms with E-state index in [1.165, 1.54) is 10.8 Å².